The second-order valence-electron chi connectivity index (χ2n) is 8.35. The van der Waals surface area contributed by atoms with Gasteiger partial charge in [-0.25, -0.2) is 8.42 Å². The van der Waals surface area contributed by atoms with Crippen LogP contribution < -0.4 is 5.32 Å². The summed E-state index contributed by atoms with van der Waals surface area (Å²) in [5, 5.41) is 3.04. The van der Waals surface area contributed by atoms with Crippen molar-refractivity contribution in [1.29, 1.82) is 0 Å². The maximum absolute atomic E-state index is 12.7. The van der Waals surface area contributed by atoms with Gasteiger partial charge in [-0.3, -0.25) is 4.79 Å². The average Bonchev–Trinajstić information content (AvgIpc) is 2.75. The molecule has 1 aliphatic heterocycles. The Hall–Kier alpha value is -2.18. The third kappa shape index (κ3) is 5.70. The smallest absolute Gasteiger partial charge is 0.243 e. The molecular formula is C24H32N2O3S. The lowest BCUT2D eigenvalue weighted by molar-refractivity contribution is -0.120. The molecule has 0 bridgehead atoms. The summed E-state index contributed by atoms with van der Waals surface area (Å²) in [6, 6.07) is 16.9. The summed E-state index contributed by atoms with van der Waals surface area (Å²) in [7, 11) is -3.44. The maximum Gasteiger partial charge on any atom is 0.243 e. The van der Waals surface area contributed by atoms with E-state index in [9.17, 15) is 13.2 Å². The lowest BCUT2D eigenvalue weighted by Crippen LogP contribution is -2.35. The molecule has 2 aromatic rings. The highest BCUT2D eigenvalue weighted by Gasteiger charge is 2.25. The van der Waals surface area contributed by atoms with Crippen LogP contribution in [0.15, 0.2) is 59.5 Å². The van der Waals surface area contributed by atoms with E-state index in [1.807, 2.05) is 18.2 Å². The van der Waals surface area contributed by atoms with E-state index in [0.717, 1.165) is 24.8 Å². The molecule has 0 spiro atoms. The van der Waals surface area contributed by atoms with Crippen molar-refractivity contribution >= 4 is 15.9 Å². The summed E-state index contributed by atoms with van der Waals surface area (Å²) in [6.45, 7) is 6.08. The minimum absolute atomic E-state index is 0.0526. The van der Waals surface area contributed by atoms with E-state index in [2.05, 4.69) is 31.3 Å². The molecule has 0 aliphatic carbocycles. The van der Waals surface area contributed by atoms with E-state index < -0.39 is 10.0 Å². The predicted molar refractivity (Wildman–Crippen MR) is 120 cm³/mol. The van der Waals surface area contributed by atoms with E-state index in [1.54, 1.807) is 28.6 Å². The van der Waals surface area contributed by atoms with Crippen LogP contribution in [0.5, 0.6) is 0 Å². The summed E-state index contributed by atoms with van der Waals surface area (Å²) in [4.78, 5) is 12.8. The zero-order chi connectivity index (χ0) is 21.6. The number of nitrogens with zero attached hydrogens (tertiary/aromatic N) is 1. The zero-order valence-electron chi connectivity index (χ0n) is 17.9. The molecule has 1 amide bonds. The van der Waals surface area contributed by atoms with Crippen LogP contribution in [0.2, 0.25) is 0 Å². The van der Waals surface area contributed by atoms with Gasteiger partial charge in [-0.05, 0) is 42.0 Å². The summed E-state index contributed by atoms with van der Waals surface area (Å²) in [5.74, 6) is 0.613. The number of nitrogens with one attached hydrogen (secondary N) is 1. The Morgan fingerprint density at radius 3 is 2.20 bits per heavy atom. The number of hydrogen-bond acceptors (Lipinski definition) is 3. The molecule has 162 valence electrons. The predicted octanol–water partition coefficient (Wildman–Crippen LogP) is 3.96. The van der Waals surface area contributed by atoms with Gasteiger partial charge in [0.25, 0.3) is 0 Å². The Bertz CT molecular complexity index is 919. The number of amides is 1. The van der Waals surface area contributed by atoms with Crippen LogP contribution in [0.1, 0.15) is 50.2 Å². The van der Waals surface area contributed by atoms with Crippen LogP contribution >= 0.6 is 0 Å². The number of hydrogen-bond donors (Lipinski definition) is 1. The average molecular weight is 429 g/mol. The molecule has 3 rings (SSSR count). The quantitative estimate of drug-likeness (QED) is 0.692. The van der Waals surface area contributed by atoms with Crippen LogP contribution in [-0.4, -0.2) is 38.3 Å². The van der Waals surface area contributed by atoms with E-state index in [4.69, 9.17) is 0 Å². The second-order valence-corrected chi connectivity index (χ2v) is 10.3. The fourth-order valence-corrected chi connectivity index (χ4v) is 5.46. The van der Waals surface area contributed by atoms with Gasteiger partial charge in [-0.2, -0.15) is 4.31 Å². The fraction of sp³-hybridized carbons (Fsp3) is 0.458. The molecule has 1 fully saturated rings. The van der Waals surface area contributed by atoms with E-state index >= 15 is 0 Å². The molecule has 0 saturated carbocycles. The van der Waals surface area contributed by atoms with Crippen LogP contribution in [0.25, 0.3) is 0 Å². The van der Waals surface area contributed by atoms with Crippen molar-refractivity contribution in [3.63, 3.8) is 0 Å². The topological polar surface area (TPSA) is 66.5 Å². The van der Waals surface area contributed by atoms with Gasteiger partial charge >= 0.3 is 0 Å². The van der Waals surface area contributed by atoms with Crippen LogP contribution in [0, 0.1) is 5.92 Å². The first-order chi connectivity index (χ1) is 14.4. The minimum Gasteiger partial charge on any atom is -0.355 e. The highest BCUT2D eigenvalue weighted by atomic mass is 32.2. The Kier molecular flexibility index (Phi) is 7.67. The molecule has 2 aromatic carbocycles. The largest absolute Gasteiger partial charge is 0.355 e. The summed E-state index contributed by atoms with van der Waals surface area (Å²) >= 11 is 0. The summed E-state index contributed by atoms with van der Waals surface area (Å²) in [5.41, 5.74) is 2.03. The van der Waals surface area contributed by atoms with Crippen molar-refractivity contribution in [3.8, 4) is 0 Å². The van der Waals surface area contributed by atoms with Crippen molar-refractivity contribution in [2.75, 3.05) is 19.6 Å². The third-order valence-corrected chi connectivity index (χ3v) is 7.71. The summed E-state index contributed by atoms with van der Waals surface area (Å²) < 4.78 is 27.1. The van der Waals surface area contributed by atoms with Crippen molar-refractivity contribution in [1.82, 2.24) is 9.62 Å². The Balaban J connectivity index is 1.58. The number of carbonyl (C=O) groups is 1. The first-order valence-corrected chi connectivity index (χ1v) is 12.2. The second kappa shape index (κ2) is 10.2. The molecule has 0 aromatic heterocycles. The van der Waals surface area contributed by atoms with Crippen molar-refractivity contribution < 1.29 is 13.2 Å². The molecule has 1 saturated heterocycles. The van der Waals surface area contributed by atoms with Gasteiger partial charge in [-0.1, -0.05) is 62.7 Å². The van der Waals surface area contributed by atoms with Gasteiger partial charge in [0.1, 0.15) is 0 Å². The molecule has 5 nitrogen and oxygen atoms in total. The molecular weight excluding hydrogens is 396 g/mol. The van der Waals surface area contributed by atoms with Gasteiger partial charge < -0.3 is 5.32 Å². The van der Waals surface area contributed by atoms with Crippen molar-refractivity contribution in [2.45, 2.75) is 50.3 Å². The van der Waals surface area contributed by atoms with Crippen LogP contribution in [0.3, 0.4) is 0 Å². The molecule has 1 N–H and O–H groups in total. The molecule has 0 radical (unpaired) electrons. The molecule has 1 heterocycles. The molecule has 1 atom stereocenters. The third-order valence-electron chi connectivity index (χ3n) is 5.79. The van der Waals surface area contributed by atoms with Gasteiger partial charge in [0.15, 0.2) is 0 Å². The van der Waals surface area contributed by atoms with E-state index in [0.29, 0.717) is 30.4 Å². The zero-order valence-corrected chi connectivity index (χ0v) is 18.7. The first kappa shape index (κ1) is 22.5. The summed E-state index contributed by atoms with van der Waals surface area (Å²) in [6.07, 6.45) is 3.15. The normalized spacial score (nSPS) is 16.4. The van der Waals surface area contributed by atoms with Gasteiger partial charge in [0.05, 0.1) is 11.3 Å². The standard InChI is InChI=1S/C24H32N2O3S/c1-19(2)23(21-9-5-3-6-10-21)18-25-24(27)17-20-11-13-22(14-12-20)30(28,29)26-15-7-4-8-16-26/h3,5-6,9-14,19,23H,4,7-8,15-18H2,1-2H3,(H,25,27). The van der Waals surface area contributed by atoms with Crippen LogP contribution in [0.4, 0.5) is 0 Å². The molecule has 6 heteroatoms. The number of benzene rings is 2. The fourth-order valence-electron chi connectivity index (χ4n) is 3.94. The SMILES string of the molecule is CC(C)C(CNC(=O)Cc1ccc(S(=O)(=O)N2CCCCC2)cc1)c1ccccc1. The van der Waals surface area contributed by atoms with Gasteiger partial charge in [-0.15, -0.1) is 0 Å². The Morgan fingerprint density at radius 2 is 1.60 bits per heavy atom. The first-order valence-electron chi connectivity index (χ1n) is 10.8. The lowest BCUT2D eigenvalue weighted by Gasteiger charge is -2.25. The number of carbonyl (C=O) groups excluding carboxylic acids is 1. The number of piperidine rings is 1. The monoisotopic (exact) mass is 428 g/mol. The number of sulfonamides is 1. The maximum atomic E-state index is 12.7. The Labute approximate surface area is 180 Å². The van der Waals surface area contributed by atoms with Gasteiger partial charge in [0.2, 0.25) is 15.9 Å². The van der Waals surface area contributed by atoms with Gasteiger partial charge in [0, 0.05) is 25.6 Å². The van der Waals surface area contributed by atoms with E-state index in [1.165, 1.54) is 5.56 Å². The molecule has 30 heavy (non-hydrogen) atoms. The highest BCUT2D eigenvalue weighted by molar-refractivity contribution is 7.89. The molecule has 1 aliphatic rings. The van der Waals surface area contributed by atoms with Crippen LogP contribution in [-0.2, 0) is 21.2 Å². The molecule has 1 unspecified atom stereocenters. The van der Waals surface area contributed by atoms with Crippen molar-refractivity contribution in [2.24, 2.45) is 5.92 Å². The van der Waals surface area contributed by atoms with E-state index in [-0.39, 0.29) is 18.2 Å². The highest BCUT2D eigenvalue weighted by Crippen LogP contribution is 2.24. The lowest BCUT2D eigenvalue weighted by atomic mass is 9.88. The Morgan fingerprint density at radius 1 is 0.967 bits per heavy atom. The minimum atomic E-state index is -3.44. The van der Waals surface area contributed by atoms with Crippen molar-refractivity contribution in [3.05, 3.63) is 65.7 Å². The number of rotatable bonds is 8.